The summed E-state index contributed by atoms with van der Waals surface area (Å²) in [6, 6.07) is 3.50. The maximum atomic E-state index is 11.6. The number of ether oxygens (including phenoxy) is 1. The van der Waals surface area contributed by atoms with Crippen LogP contribution in [0, 0.1) is 0 Å². The molecular formula is C13H15N3O3. The molecule has 0 radical (unpaired) electrons. The van der Waals surface area contributed by atoms with Crippen LogP contribution in [0.3, 0.4) is 0 Å². The highest BCUT2D eigenvalue weighted by Crippen LogP contribution is 2.18. The number of carbonyl (C=O) groups excluding carboxylic acids is 1. The molecule has 6 nitrogen and oxygen atoms in total. The van der Waals surface area contributed by atoms with Gasteiger partial charge in [-0.05, 0) is 19.9 Å². The number of hydrogen-bond donors (Lipinski definition) is 1. The van der Waals surface area contributed by atoms with Crippen LogP contribution >= 0.6 is 0 Å². The molecule has 2 aromatic heterocycles. The van der Waals surface area contributed by atoms with E-state index in [1.165, 1.54) is 17.1 Å². The minimum Gasteiger partial charge on any atom is -0.462 e. The molecule has 0 unspecified atom stereocenters. The zero-order valence-electron chi connectivity index (χ0n) is 10.8. The molecule has 2 heterocycles. The summed E-state index contributed by atoms with van der Waals surface area (Å²) in [5.74, 6) is 0.0660. The van der Waals surface area contributed by atoms with E-state index in [2.05, 4.69) is 10.1 Å². The topological polar surface area (TPSA) is 77.2 Å². The van der Waals surface area contributed by atoms with E-state index in [0.29, 0.717) is 23.6 Å². The average molecular weight is 261 g/mol. The quantitative estimate of drug-likeness (QED) is 0.844. The molecule has 0 aliphatic carbocycles. The number of aliphatic hydroxyl groups excluding tert-OH is 1. The van der Waals surface area contributed by atoms with Crippen molar-refractivity contribution in [3.63, 3.8) is 0 Å². The van der Waals surface area contributed by atoms with Gasteiger partial charge in [0.15, 0.2) is 5.82 Å². The maximum Gasteiger partial charge on any atom is 0.341 e. The van der Waals surface area contributed by atoms with Crippen LogP contribution in [0.25, 0.3) is 5.82 Å². The number of aromatic nitrogens is 3. The Bertz CT molecular complexity index is 578. The summed E-state index contributed by atoms with van der Waals surface area (Å²) in [5, 5.41) is 13.8. The molecule has 0 amide bonds. The number of carbonyl (C=O) groups is 1. The first-order chi connectivity index (χ1) is 9.13. The standard InChI is InChI=1S/C13H15N3O3/c1-3-19-13(18)10-7-15-16(8-10)12-11(9(2)17)5-4-6-14-12/h4-9,17H,3H2,1-2H3/t9-/m1/s1. The van der Waals surface area contributed by atoms with Crippen molar-refractivity contribution in [1.82, 2.24) is 14.8 Å². The molecule has 0 saturated carbocycles. The minimum absolute atomic E-state index is 0.312. The lowest BCUT2D eigenvalue weighted by atomic mass is 10.1. The molecule has 0 spiro atoms. The predicted molar refractivity (Wildman–Crippen MR) is 67.9 cm³/mol. The van der Waals surface area contributed by atoms with E-state index in [0.717, 1.165) is 0 Å². The number of aliphatic hydroxyl groups is 1. The Kier molecular flexibility index (Phi) is 3.91. The van der Waals surface area contributed by atoms with Crippen LogP contribution in [0.1, 0.15) is 35.9 Å². The third-order valence-electron chi connectivity index (χ3n) is 2.58. The van der Waals surface area contributed by atoms with Gasteiger partial charge in [0.25, 0.3) is 0 Å². The molecule has 6 heteroatoms. The highest BCUT2D eigenvalue weighted by molar-refractivity contribution is 5.88. The highest BCUT2D eigenvalue weighted by atomic mass is 16.5. The van der Waals surface area contributed by atoms with Crippen LogP contribution in [-0.4, -0.2) is 32.4 Å². The van der Waals surface area contributed by atoms with E-state index in [1.54, 1.807) is 32.2 Å². The molecule has 0 bridgehead atoms. The molecule has 0 aliphatic rings. The van der Waals surface area contributed by atoms with E-state index >= 15 is 0 Å². The number of hydrogen-bond acceptors (Lipinski definition) is 5. The third-order valence-corrected chi connectivity index (χ3v) is 2.58. The van der Waals surface area contributed by atoms with Crippen molar-refractivity contribution in [2.45, 2.75) is 20.0 Å². The Morgan fingerprint density at radius 1 is 1.58 bits per heavy atom. The lowest BCUT2D eigenvalue weighted by molar-refractivity contribution is 0.0526. The summed E-state index contributed by atoms with van der Waals surface area (Å²) in [5.41, 5.74) is 0.991. The van der Waals surface area contributed by atoms with Gasteiger partial charge in [0.2, 0.25) is 0 Å². The minimum atomic E-state index is -0.668. The lowest BCUT2D eigenvalue weighted by Gasteiger charge is -2.09. The fourth-order valence-electron chi connectivity index (χ4n) is 1.69. The third kappa shape index (κ3) is 2.79. The van der Waals surface area contributed by atoms with Crippen molar-refractivity contribution in [3.8, 4) is 5.82 Å². The summed E-state index contributed by atoms with van der Waals surface area (Å²) in [4.78, 5) is 15.7. The summed E-state index contributed by atoms with van der Waals surface area (Å²) in [6.07, 6.45) is 3.89. The van der Waals surface area contributed by atoms with E-state index < -0.39 is 12.1 Å². The van der Waals surface area contributed by atoms with Gasteiger partial charge >= 0.3 is 5.97 Å². The largest absolute Gasteiger partial charge is 0.462 e. The number of pyridine rings is 1. The molecule has 0 aromatic carbocycles. The van der Waals surface area contributed by atoms with Gasteiger partial charge in [-0.1, -0.05) is 6.07 Å². The summed E-state index contributed by atoms with van der Waals surface area (Å²) in [7, 11) is 0. The van der Waals surface area contributed by atoms with Gasteiger partial charge < -0.3 is 9.84 Å². The fourth-order valence-corrected chi connectivity index (χ4v) is 1.69. The first-order valence-corrected chi connectivity index (χ1v) is 5.98. The van der Waals surface area contributed by atoms with Crippen molar-refractivity contribution in [3.05, 3.63) is 41.9 Å². The van der Waals surface area contributed by atoms with E-state index in [1.807, 2.05) is 0 Å². The molecule has 0 aliphatic heterocycles. The fraction of sp³-hybridized carbons (Fsp3) is 0.308. The van der Waals surface area contributed by atoms with Gasteiger partial charge in [-0.3, -0.25) is 0 Å². The van der Waals surface area contributed by atoms with Crippen molar-refractivity contribution in [2.75, 3.05) is 6.61 Å². The molecule has 2 rings (SSSR count). The first kappa shape index (κ1) is 13.2. The van der Waals surface area contributed by atoms with Crippen LogP contribution in [0.5, 0.6) is 0 Å². The van der Waals surface area contributed by atoms with E-state index in [9.17, 15) is 9.90 Å². The lowest BCUT2D eigenvalue weighted by Crippen LogP contribution is -2.06. The smallest absolute Gasteiger partial charge is 0.341 e. The molecule has 19 heavy (non-hydrogen) atoms. The Hall–Kier alpha value is -2.21. The van der Waals surface area contributed by atoms with E-state index in [-0.39, 0.29) is 0 Å². The molecule has 100 valence electrons. The SMILES string of the molecule is CCOC(=O)c1cnn(-c2ncccc2[C@@H](C)O)c1. The average Bonchev–Trinajstić information content (AvgIpc) is 2.88. The van der Waals surface area contributed by atoms with Crippen LogP contribution in [0.15, 0.2) is 30.7 Å². The molecule has 0 fully saturated rings. The Morgan fingerprint density at radius 3 is 3.05 bits per heavy atom. The van der Waals surface area contributed by atoms with Gasteiger partial charge in [0.05, 0.1) is 24.5 Å². The zero-order valence-corrected chi connectivity index (χ0v) is 10.8. The monoisotopic (exact) mass is 261 g/mol. The second kappa shape index (κ2) is 5.62. The number of nitrogens with zero attached hydrogens (tertiary/aromatic N) is 3. The van der Waals surface area contributed by atoms with Gasteiger partial charge in [-0.2, -0.15) is 5.10 Å². The van der Waals surface area contributed by atoms with Gasteiger partial charge in [-0.15, -0.1) is 0 Å². The molecule has 1 atom stereocenters. The maximum absolute atomic E-state index is 11.6. The normalized spacial score (nSPS) is 12.2. The Balaban J connectivity index is 2.36. The van der Waals surface area contributed by atoms with Gasteiger partial charge in [0.1, 0.15) is 0 Å². The number of esters is 1. The summed E-state index contributed by atoms with van der Waals surface area (Å²) in [6.45, 7) is 3.70. The predicted octanol–water partition coefficient (Wildman–Crippen LogP) is 1.50. The number of rotatable bonds is 4. The van der Waals surface area contributed by atoms with Crippen molar-refractivity contribution in [2.24, 2.45) is 0 Å². The van der Waals surface area contributed by atoms with Gasteiger partial charge in [-0.25, -0.2) is 14.5 Å². The Labute approximate surface area is 110 Å². The van der Waals surface area contributed by atoms with Crippen LogP contribution in [-0.2, 0) is 4.74 Å². The summed E-state index contributed by atoms with van der Waals surface area (Å²) >= 11 is 0. The van der Waals surface area contributed by atoms with Crippen molar-refractivity contribution in [1.29, 1.82) is 0 Å². The first-order valence-electron chi connectivity index (χ1n) is 5.98. The highest BCUT2D eigenvalue weighted by Gasteiger charge is 2.14. The zero-order chi connectivity index (χ0) is 13.8. The second-order valence-electron chi connectivity index (χ2n) is 3.99. The Morgan fingerprint density at radius 2 is 2.37 bits per heavy atom. The van der Waals surface area contributed by atoms with Crippen molar-refractivity contribution < 1.29 is 14.6 Å². The van der Waals surface area contributed by atoms with Crippen LogP contribution in [0.2, 0.25) is 0 Å². The molecular weight excluding hydrogens is 246 g/mol. The summed E-state index contributed by atoms with van der Waals surface area (Å²) < 4.78 is 6.35. The molecule has 2 aromatic rings. The molecule has 1 N–H and O–H groups in total. The van der Waals surface area contributed by atoms with Crippen molar-refractivity contribution >= 4 is 5.97 Å². The van der Waals surface area contributed by atoms with Crippen LogP contribution < -0.4 is 0 Å². The van der Waals surface area contributed by atoms with Crippen LogP contribution in [0.4, 0.5) is 0 Å². The van der Waals surface area contributed by atoms with Gasteiger partial charge in [0, 0.05) is 18.0 Å². The second-order valence-corrected chi connectivity index (χ2v) is 3.99. The molecule has 0 saturated heterocycles. The van der Waals surface area contributed by atoms with E-state index in [4.69, 9.17) is 4.74 Å².